The van der Waals surface area contributed by atoms with Crippen LogP contribution in [0.3, 0.4) is 0 Å². The van der Waals surface area contributed by atoms with Gasteiger partial charge in [-0.25, -0.2) is 4.58 Å². The van der Waals surface area contributed by atoms with Crippen LogP contribution in [0.5, 0.6) is 0 Å². The Kier molecular flexibility index (Phi) is 4.96. The van der Waals surface area contributed by atoms with Crippen molar-refractivity contribution < 1.29 is 9.31 Å². The zero-order valence-electron chi connectivity index (χ0n) is 20.7. The number of benzene rings is 1. The van der Waals surface area contributed by atoms with Crippen LogP contribution in [-0.4, -0.2) is 30.0 Å². The van der Waals surface area contributed by atoms with Gasteiger partial charge in [0.1, 0.15) is 6.72 Å². The predicted molar refractivity (Wildman–Crippen MR) is 131 cm³/mol. The third-order valence-electron chi connectivity index (χ3n) is 11.7. The fourth-order valence-corrected chi connectivity index (χ4v) is 10.8. The maximum Gasteiger partial charge on any atom is 0.161 e. The van der Waals surface area contributed by atoms with E-state index in [0.29, 0.717) is 22.3 Å². The minimum atomic E-state index is 0.449. The summed E-state index contributed by atoms with van der Waals surface area (Å²) in [4.78, 5) is 0. The third kappa shape index (κ3) is 2.54. The molecule has 0 aromatic heterocycles. The van der Waals surface area contributed by atoms with Crippen molar-refractivity contribution in [3.8, 4) is 0 Å². The fraction of sp³-hybridized carbons (Fsp3) is 0.767. The summed E-state index contributed by atoms with van der Waals surface area (Å²) in [5.41, 5.74) is 2.84. The van der Waals surface area contributed by atoms with Crippen LogP contribution in [0.15, 0.2) is 30.3 Å². The Balaban J connectivity index is 1.31. The number of nitrogens with zero attached hydrogens (tertiary/aromatic N) is 1. The summed E-state index contributed by atoms with van der Waals surface area (Å²) in [6.07, 6.45) is 12.8. The smallest absolute Gasteiger partial charge is 0.161 e. The van der Waals surface area contributed by atoms with Crippen LogP contribution >= 0.6 is 0 Å². The van der Waals surface area contributed by atoms with Crippen molar-refractivity contribution in [1.82, 2.24) is 0 Å². The van der Waals surface area contributed by atoms with Gasteiger partial charge in [0.15, 0.2) is 12.1 Å². The lowest BCUT2D eigenvalue weighted by Crippen LogP contribution is -2.79. The molecule has 8 atom stereocenters. The molecule has 2 aliphatic heterocycles. The van der Waals surface area contributed by atoms with Gasteiger partial charge in [-0.3, -0.25) is 0 Å². The molecule has 32 heavy (non-hydrogen) atoms. The second kappa shape index (κ2) is 7.42. The average molecular weight is 435 g/mol. The Morgan fingerprint density at radius 2 is 1.88 bits per heavy atom. The van der Waals surface area contributed by atoms with Gasteiger partial charge in [-0.1, -0.05) is 57.5 Å². The molecule has 1 aromatic carbocycles. The minimum absolute atomic E-state index is 0.449. The lowest BCUT2D eigenvalue weighted by Gasteiger charge is -2.72. The lowest BCUT2D eigenvalue weighted by molar-refractivity contribution is -0.694. The number of hydrogen-bond donors (Lipinski definition) is 0. The molecule has 4 saturated carbocycles. The van der Waals surface area contributed by atoms with Crippen molar-refractivity contribution >= 4 is 6.72 Å². The summed E-state index contributed by atoms with van der Waals surface area (Å²) in [6.45, 7) is 14.3. The molecule has 2 heteroatoms. The molecule has 2 nitrogen and oxygen atoms in total. The third-order valence-corrected chi connectivity index (χ3v) is 11.7. The Bertz CT molecular complexity index is 878. The first-order valence-electron chi connectivity index (χ1n) is 13.7. The highest BCUT2D eigenvalue weighted by molar-refractivity contribution is 5.30. The summed E-state index contributed by atoms with van der Waals surface area (Å²) >= 11 is 0. The van der Waals surface area contributed by atoms with E-state index in [-0.39, 0.29) is 0 Å². The molecule has 2 saturated heterocycles. The van der Waals surface area contributed by atoms with Gasteiger partial charge in [-0.2, -0.15) is 0 Å². The van der Waals surface area contributed by atoms with Crippen LogP contribution in [0.2, 0.25) is 0 Å². The first-order chi connectivity index (χ1) is 15.5. The van der Waals surface area contributed by atoms with E-state index in [0.717, 1.165) is 42.9 Å². The SMILES string of the molecule is C=[N+]1C2C(C(C)C)CCC3(C)C4CC[C@@]5(CCCC5C23CCCOCc2ccccc2)C41. The molecule has 4 aliphatic carbocycles. The zero-order chi connectivity index (χ0) is 22.1. The summed E-state index contributed by atoms with van der Waals surface area (Å²) in [7, 11) is 0. The van der Waals surface area contributed by atoms with E-state index in [4.69, 9.17) is 11.5 Å². The number of rotatable bonds is 7. The van der Waals surface area contributed by atoms with E-state index < -0.39 is 0 Å². The quantitative estimate of drug-likeness (QED) is 0.343. The monoisotopic (exact) mass is 434 g/mol. The van der Waals surface area contributed by atoms with Gasteiger partial charge in [0.05, 0.1) is 6.61 Å². The molecule has 6 bridgehead atoms. The van der Waals surface area contributed by atoms with Crippen LogP contribution in [0.4, 0.5) is 0 Å². The highest BCUT2D eigenvalue weighted by Gasteiger charge is 2.84. The molecule has 174 valence electrons. The number of piperidine rings is 2. The normalized spacial score (nSPS) is 46.1. The van der Waals surface area contributed by atoms with Gasteiger partial charge in [-0.15, -0.1) is 0 Å². The van der Waals surface area contributed by atoms with Gasteiger partial charge < -0.3 is 4.74 Å². The highest BCUT2D eigenvalue weighted by atomic mass is 16.5. The molecule has 7 rings (SSSR count). The van der Waals surface area contributed by atoms with Crippen molar-refractivity contribution in [3.63, 3.8) is 0 Å². The average Bonchev–Trinajstić information content (AvgIpc) is 3.38. The first kappa shape index (κ1) is 21.4. The largest absolute Gasteiger partial charge is 0.377 e. The van der Waals surface area contributed by atoms with E-state index in [1.165, 1.54) is 63.4 Å². The molecular weight excluding hydrogens is 390 g/mol. The predicted octanol–water partition coefficient (Wildman–Crippen LogP) is 6.72. The van der Waals surface area contributed by atoms with Gasteiger partial charge in [0, 0.05) is 29.3 Å². The second-order valence-electron chi connectivity index (χ2n) is 12.8. The molecular formula is C30H44NO+. The molecule has 0 amide bonds. The maximum atomic E-state index is 6.22. The summed E-state index contributed by atoms with van der Waals surface area (Å²) in [5, 5.41) is 0. The summed E-state index contributed by atoms with van der Waals surface area (Å²) in [6, 6.07) is 12.1. The molecule has 7 unspecified atom stereocenters. The second-order valence-corrected chi connectivity index (χ2v) is 12.8. The molecule has 0 N–H and O–H groups in total. The van der Waals surface area contributed by atoms with Crippen LogP contribution in [0.1, 0.15) is 84.1 Å². The van der Waals surface area contributed by atoms with Gasteiger partial charge in [0.25, 0.3) is 0 Å². The maximum absolute atomic E-state index is 6.22. The van der Waals surface area contributed by atoms with Gasteiger partial charge in [0.2, 0.25) is 0 Å². The van der Waals surface area contributed by atoms with Crippen molar-refractivity contribution in [2.24, 2.45) is 39.9 Å². The van der Waals surface area contributed by atoms with E-state index in [2.05, 4.69) is 55.7 Å². The van der Waals surface area contributed by atoms with E-state index in [1.54, 1.807) is 0 Å². The first-order valence-corrected chi connectivity index (χ1v) is 13.7. The summed E-state index contributed by atoms with van der Waals surface area (Å²) < 4.78 is 8.98. The Morgan fingerprint density at radius 1 is 1.06 bits per heavy atom. The van der Waals surface area contributed by atoms with Gasteiger partial charge >= 0.3 is 0 Å². The number of ether oxygens (including phenoxy) is 1. The molecule has 1 spiro atoms. The van der Waals surface area contributed by atoms with Crippen molar-refractivity contribution in [1.29, 1.82) is 0 Å². The Labute approximate surface area is 195 Å². The highest BCUT2D eigenvalue weighted by Crippen LogP contribution is 2.82. The topological polar surface area (TPSA) is 12.2 Å². The van der Waals surface area contributed by atoms with Crippen LogP contribution in [0.25, 0.3) is 0 Å². The Morgan fingerprint density at radius 3 is 2.66 bits per heavy atom. The van der Waals surface area contributed by atoms with Crippen molar-refractivity contribution in [2.75, 3.05) is 6.61 Å². The van der Waals surface area contributed by atoms with Crippen LogP contribution in [0, 0.1) is 39.9 Å². The van der Waals surface area contributed by atoms with E-state index in [9.17, 15) is 0 Å². The van der Waals surface area contributed by atoms with Crippen molar-refractivity contribution in [2.45, 2.75) is 97.2 Å². The summed E-state index contributed by atoms with van der Waals surface area (Å²) in [5.74, 6) is 3.38. The Hall–Kier alpha value is -1.15. The van der Waals surface area contributed by atoms with E-state index >= 15 is 0 Å². The molecule has 1 aromatic rings. The molecule has 6 aliphatic rings. The standard InChI is InChI=1S/C30H44NO/c1-21(2)23-13-17-28(3)24-14-18-29-15-8-12-25(29)30(28,26(23)31(4)27(24)29)16-9-19-32-20-22-10-6-5-7-11-22/h5-7,10-11,21,23-27H,4,8-9,12-20H2,1-3H3/q+1/t23?,24?,25?,26?,27?,28?,29-,30?/m1/s1. The molecule has 6 fully saturated rings. The number of hydrogen-bond acceptors (Lipinski definition) is 1. The lowest BCUT2D eigenvalue weighted by atomic mass is 9.33. The van der Waals surface area contributed by atoms with Crippen molar-refractivity contribution in [3.05, 3.63) is 35.9 Å². The van der Waals surface area contributed by atoms with Crippen LogP contribution < -0.4 is 0 Å². The molecule has 0 radical (unpaired) electrons. The van der Waals surface area contributed by atoms with Gasteiger partial charge in [-0.05, 0) is 74.2 Å². The van der Waals surface area contributed by atoms with E-state index in [1.807, 2.05) is 0 Å². The molecule has 2 heterocycles. The fourth-order valence-electron chi connectivity index (χ4n) is 10.8. The van der Waals surface area contributed by atoms with Crippen LogP contribution in [-0.2, 0) is 11.3 Å². The minimum Gasteiger partial charge on any atom is -0.377 e. The zero-order valence-corrected chi connectivity index (χ0v) is 20.7.